The summed E-state index contributed by atoms with van der Waals surface area (Å²) in [5, 5.41) is 0. The number of hydrogen-bond acceptors (Lipinski definition) is 2. The zero-order chi connectivity index (χ0) is 15.4. The Morgan fingerprint density at radius 2 is 1.70 bits per heavy atom. The highest BCUT2D eigenvalue weighted by molar-refractivity contribution is 5.85. The number of hydrogen-bond donors (Lipinski definition) is 0. The van der Waals surface area contributed by atoms with Crippen molar-refractivity contribution in [2.45, 2.75) is 18.9 Å². The number of benzene rings is 2. The van der Waals surface area contributed by atoms with Crippen LogP contribution in [0.2, 0.25) is 0 Å². The molecule has 0 radical (unpaired) electrons. The molecule has 0 aromatic heterocycles. The van der Waals surface area contributed by atoms with E-state index in [2.05, 4.69) is 73.6 Å². The molecule has 1 aliphatic carbocycles. The first-order valence-electron chi connectivity index (χ1n) is 8.12. The number of rotatable bonds is 6. The molecule has 0 heterocycles. The second-order valence-electron chi connectivity index (χ2n) is 6.45. The third-order valence-corrected chi connectivity index (χ3v) is 4.45. The Kier molecular flexibility index (Phi) is 6.64. The smallest absolute Gasteiger partial charge is 0.0862 e. The van der Waals surface area contributed by atoms with Gasteiger partial charge < -0.3 is 9.64 Å². The van der Waals surface area contributed by atoms with Gasteiger partial charge in [-0.15, -0.1) is 12.4 Å². The molecule has 0 saturated carbocycles. The van der Waals surface area contributed by atoms with Crippen molar-refractivity contribution in [3.63, 3.8) is 0 Å². The van der Waals surface area contributed by atoms with Gasteiger partial charge in [0.25, 0.3) is 0 Å². The molecule has 23 heavy (non-hydrogen) atoms. The minimum atomic E-state index is 0. The number of fused-ring (bicyclic) bond motifs is 1. The lowest BCUT2D eigenvalue weighted by atomic mass is 9.94. The molecular weight excluding hydrogens is 306 g/mol. The summed E-state index contributed by atoms with van der Waals surface area (Å²) in [5.41, 5.74) is 4.25. The molecule has 124 valence electrons. The summed E-state index contributed by atoms with van der Waals surface area (Å²) in [6, 6.07) is 19.5. The van der Waals surface area contributed by atoms with Gasteiger partial charge in [-0.3, -0.25) is 0 Å². The lowest BCUT2D eigenvalue weighted by Crippen LogP contribution is -2.22. The maximum Gasteiger partial charge on any atom is 0.0862 e. The van der Waals surface area contributed by atoms with Crippen LogP contribution in [0.3, 0.4) is 0 Å². The monoisotopic (exact) mass is 331 g/mol. The first-order chi connectivity index (χ1) is 10.7. The number of ether oxygens (including phenoxy) is 1. The van der Waals surface area contributed by atoms with Crippen LogP contribution in [0.4, 0.5) is 0 Å². The van der Waals surface area contributed by atoms with Crippen molar-refractivity contribution in [2.75, 3.05) is 27.2 Å². The molecule has 2 aromatic carbocycles. The average Bonchev–Trinajstić information content (AvgIpc) is 2.86. The average molecular weight is 332 g/mol. The maximum atomic E-state index is 6.28. The minimum Gasteiger partial charge on any atom is -0.372 e. The Balaban J connectivity index is 0.00000192. The fraction of sp³-hybridized carbons (Fsp3) is 0.400. The van der Waals surface area contributed by atoms with Gasteiger partial charge in [-0.1, -0.05) is 54.6 Å². The highest BCUT2D eigenvalue weighted by atomic mass is 35.5. The van der Waals surface area contributed by atoms with E-state index in [-0.39, 0.29) is 18.5 Å². The van der Waals surface area contributed by atoms with Gasteiger partial charge in [0.15, 0.2) is 0 Å². The Bertz CT molecular complexity index is 600. The van der Waals surface area contributed by atoms with E-state index in [0.29, 0.717) is 5.92 Å². The highest BCUT2D eigenvalue weighted by Crippen LogP contribution is 2.40. The van der Waals surface area contributed by atoms with Crippen molar-refractivity contribution in [1.29, 1.82) is 0 Å². The van der Waals surface area contributed by atoms with Crippen molar-refractivity contribution in [3.05, 3.63) is 71.3 Å². The number of halogens is 1. The maximum absolute atomic E-state index is 6.28. The van der Waals surface area contributed by atoms with E-state index >= 15 is 0 Å². The predicted molar refractivity (Wildman–Crippen MR) is 98.3 cm³/mol. The Morgan fingerprint density at radius 3 is 2.43 bits per heavy atom. The van der Waals surface area contributed by atoms with E-state index in [1.54, 1.807) is 0 Å². The molecule has 2 nitrogen and oxygen atoms in total. The molecule has 3 rings (SSSR count). The first kappa shape index (κ1) is 18.0. The molecule has 0 bridgehead atoms. The summed E-state index contributed by atoms with van der Waals surface area (Å²) in [5.74, 6) is 0.543. The van der Waals surface area contributed by atoms with Gasteiger partial charge in [-0.05, 0) is 49.5 Å². The van der Waals surface area contributed by atoms with Crippen molar-refractivity contribution >= 4 is 12.4 Å². The minimum absolute atomic E-state index is 0. The van der Waals surface area contributed by atoms with E-state index in [4.69, 9.17) is 4.74 Å². The van der Waals surface area contributed by atoms with E-state index in [9.17, 15) is 0 Å². The fourth-order valence-electron chi connectivity index (χ4n) is 3.33. The predicted octanol–water partition coefficient (Wildman–Crippen LogP) is 4.14. The van der Waals surface area contributed by atoms with Crippen LogP contribution in [0.15, 0.2) is 54.6 Å². The van der Waals surface area contributed by atoms with Crippen LogP contribution < -0.4 is 0 Å². The summed E-state index contributed by atoms with van der Waals surface area (Å²) in [6.45, 7) is 1.76. The molecule has 0 aliphatic heterocycles. The Labute approximate surface area is 145 Å². The summed E-state index contributed by atoms with van der Waals surface area (Å²) in [4.78, 5) is 2.17. The SMILES string of the molecule is CN(C)CCOC1c2ccccc2CC1Cc1ccccc1.Cl. The molecular formula is C20H26ClNO. The van der Waals surface area contributed by atoms with Crippen molar-refractivity contribution < 1.29 is 4.74 Å². The fourth-order valence-corrected chi connectivity index (χ4v) is 3.33. The summed E-state index contributed by atoms with van der Waals surface area (Å²) in [7, 11) is 4.18. The molecule has 2 atom stereocenters. The van der Waals surface area contributed by atoms with Gasteiger partial charge in [0.1, 0.15) is 0 Å². The van der Waals surface area contributed by atoms with Crippen LogP contribution >= 0.6 is 12.4 Å². The van der Waals surface area contributed by atoms with E-state index in [1.807, 2.05) is 0 Å². The number of likely N-dealkylation sites (N-methyl/N-ethyl adjacent to an activating group) is 1. The molecule has 3 heteroatoms. The van der Waals surface area contributed by atoms with Gasteiger partial charge in [-0.2, -0.15) is 0 Å². The zero-order valence-electron chi connectivity index (χ0n) is 13.9. The summed E-state index contributed by atoms with van der Waals surface area (Å²) < 4.78 is 6.28. The van der Waals surface area contributed by atoms with Gasteiger partial charge >= 0.3 is 0 Å². The molecule has 2 aromatic rings. The Morgan fingerprint density at radius 1 is 1.00 bits per heavy atom. The molecule has 2 unspecified atom stereocenters. The van der Waals surface area contributed by atoms with Crippen LogP contribution in [-0.2, 0) is 17.6 Å². The Hall–Kier alpha value is -1.35. The summed E-state index contributed by atoms with van der Waals surface area (Å²) >= 11 is 0. The van der Waals surface area contributed by atoms with Crippen LogP contribution in [0.25, 0.3) is 0 Å². The van der Waals surface area contributed by atoms with E-state index in [0.717, 1.165) is 26.0 Å². The third kappa shape index (κ3) is 4.57. The van der Waals surface area contributed by atoms with Crippen LogP contribution in [-0.4, -0.2) is 32.1 Å². The third-order valence-electron chi connectivity index (χ3n) is 4.45. The number of nitrogens with zero attached hydrogens (tertiary/aromatic N) is 1. The lowest BCUT2D eigenvalue weighted by molar-refractivity contribution is 0.0131. The van der Waals surface area contributed by atoms with Crippen LogP contribution in [0.1, 0.15) is 22.8 Å². The largest absolute Gasteiger partial charge is 0.372 e. The molecule has 0 saturated heterocycles. The first-order valence-corrected chi connectivity index (χ1v) is 8.12. The zero-order valence-corrected chi connectivity index (χ0v) is 14.8. The van der Waals surface area contributed by atoms with Crippen molar-refractivity contribution in [1.82, 2.24) is 4.90 Å². The molecule has 0 spiro atoms. The quantitative estimate of drug-likeness (QED) is 0.788. The van der Waals surface area contributed by atoms with Crippen LogP contribution in [0, 0.1) is 5.92 Å². The topological polar surface area (TPSA) is 12.5 Å². The normalized spacial score (nSPS) is 19.4. The highest BCUT2D eigenvalue weighted by Gasteiger charge is 2.32. The van der Waals surface area contributed by atoms with Crippen molar-refractivity contribution in [2.24, 2.45) is 5.92 Å². The van der Waals surface area contributed by atoms with Gasteiger partial charge in [-0.25, -0.2) is 0 Å². The second-order valence-corrected chi connectivity index (χ2v) is 6.45. The molecule has 0 fully saturated rings. The molecule has 0 N–H and O–H groups in total. The van der Waals surface area contributed by atoms with E-state index < -0.39 is 0 Å². The van der Waals surface area contributed by atoms with Gasteiger partial charge in [0.05, 0.1) is 12.7 Å². The molecule has 0 amide bonds. The van der Waals surface area contributed by atoms with Gasteiger partial charge in [0, 0.05) is 6.54 Å². The lowest BCUT2D eigenvalue weighted by Gasteiger charge is -2.22. The second kappa shape index (κ2) is 8.49. The summed E-state index contributed by atoms with van der Waals surface area (Å²) in [6.07, 6.45) is 2.44. The van der Waals surface area contributed by atoms with E-state index in [1.165, 1.54) is 16.7 Å². The standard InChI is InChI=1S/C20H25NO.ClH/c1-21(2)12-13-22-20-18(14-16-8-4-3-5-9-16)15-17-10-6-7-11-19(17)20;/h3-11,18,20H,12-15H2,1-2H3;1H. The molecule has 1 aliphatic rings. The van der Waals surface area contributed by atoms with Crippen molar-refractivity contribution in [3.8, 4) is 0 Å². The van der Waals surface area contributed by atoms with Gasteiger partial charge in [0.2, 0.25) is 0 Å². The van der Waals surface area contributed by atoms with Crippen LogP contribution in [0.5, 0.6) is 0 Å².